The zero-order chi connectivity index (χ0) is 11.4. The van der Waals surface area contributed by atoms with Gasteiger partial charge < -0.3 is 5.73 Å². The van der Waals surface area contributed by atoms with Crippen LogP contribution in [0.4, 0.5) is 8.78 Å². The number of nitrogens with two attached hydrogens (primary N) is 1. The zero-order valence-electron chi connectivity index (χ0n) is 8.57. The molecule has 82 valence electrons. The van der Waals surface area contributed by atoms with Crippen LogP contribution in [0.5, 0.6) is 0 Å². The first kappa shape index (κ1) is 11.0. The molecule has 0 spiro atoms. The van der Waals surface area contributed by atoms with E-state index in [0.717, 1.165) is 15.6 Å². The first-order chi connectivity index (χ1) is 6.78. The second-order valence-electron chi connectivity index (χ2n) is 4.28. The van der Waals surface area contributed by atoms with Crippen molar-refractivity contribution in [2.45, 2.75) is 31.7 Å². The van der Waals surface area contributed by atoms with Crippen LogP contribution < -0.4 is 5.73 Å². The molecule has 0 heterocycles. The van der Waals surface area contributed by atoms with Crippen molar-refractivity contribution in [1.82, 2.24) is 0 Å². The summed E-state index contributed by atoms with van der Waals surface area (Å²) in [5, 5.41) is 0. The number of aryl methyl sites for hydroxylation is 2. The van der Waals surface area contributed by atoms with E-state index in [1.807, 2.05) is 13.8 Å². The summed E-state index contributed by atoms with van der Waals surface area (Å²) in [7, 11) is 0. The predicted molar refractivity (Wildman–Crippen MR) is 59.0 cm³/mol. The molecule has 1 aromatic rings. The minimum absolute atomic E-state index is 0.249. The van der Waals surface area contributed by atoms with Gasteiger partial charge in [0.2, 0.25) is 0 Å². The Bertz CT molecular complexity index is 408. The molecule has 2 N–H and O–H groups in total. The fraction of sp³-hybridized carbons (Fsp3) is 0.455. The van der Waals surface area contributed by atoms with Crippen molar-refractivity contribution in [3.63, 3.8) is 0 Å². The SMILES string of the molecule is Cc1cc(C2(N)CC2(F)F)cc(C)c1Br. The lowest BCUT2D eigenvalue weighted by atomic mass is 10.00. The summed E-state index contributed by atoms with van der Waals surface area (Å²) in [6.45, 7) is 3.76. The Morgan fingerprint density at radius 2 is 1.67 bits per heavy atom. The maximum atomic E-state index is 13.1. The Morgan fingerprint density at radius 3 is 2.00 bits per heavy atom. The Balaban J connectivity index is 2.49. The molecule has 15 heavy (non-hydrogen) atoms. The van der Waals surface area contributed by atoms with Crippen molar-refractivity contribution in [2.24, 2.45) is 5.73 Å². The number of hydrogen-bond acceptors (Lipinski definition) is 1. The monoisotopic (exact) mass is 275 g/mol. The van der Waals surface area contributed by atoms with Crippen molar-refractivity contribution in [1.29, 1.82) is 0 Å². The van der Waals surface area contributed by atoms with Gasteiger partial charge in [0.25, 0.3) is 5.92 Å². The van der Waals surface area contributed by atoms with Crippen LogP contribution in [-0.4, -0.2) is 5.92 Å². The topological polar surface area (TPSA) is 26.0 Å². The van der Waals surface area contributed by atoms with Crippen LogP contribution in [0.15, 0.2) is 16.6 Å². The van der Waals surface area contributed by atoms with Crippen molar-refractivity contribution in [3.05, 3.63) is 33.3 Å². The van der Waals surface area contributed by atoms with E-state index in [9.17, 15) is 8.78 Å². The number of alkyl halides is 2. The molecular weight excluding hydrogens is 264 g/mol. The lowest BCUT2D eigenvalue weighted by Gasteiger charge is -2.14. The molecular formula is C11H12BrF2N. The van der Waals surface area contributed by atoms with E-state index < -0.39 is 11.5 Å². The van der Waals surface area contributed by atoms with Gasteiger partial charge in [-0.3, -0.25) is 0 Å². The van der Waals surface area contributed by atoms with Gasteiger partial charge >= 0.3 is 0 Å². The van der Waals surface area contributed by atoms with E-state index in [-0.39, 0.29) is 6.42 Å². The summed E-state index contributed by atoms with van der Waals surface area (Å²) >= 11 is 3.40. The quantitative estimate of drug-likeness (QED) is 0.837. The molecule has 0 amide bonds. The predicted octanol–water partition coefficient (Wildman–Crippen LogP) is 3.26. The highest BCUT2D eigenvalue weighted by molar-refractivity contribution is 9.10. The molecule has 1 fully saturated rings. The number of hydrogen-bond donors (Lipinski definition) is 1. The molecule has 0 radical (unpaired) electrons. The Morgan fingerprint density at radius 1 is 1.27 bits per heavy atom. The van der Waals surface area contributed by atoms with Gasteiger partial charge in [-0.1, -0.05) is 28.1 Å². The molecule has 1 unspecified atom stereocenters. The third kappa shape index (κ3) is 1.51. The van der Waals surface area contributed by atoms with E-state index in [1.54, 1.807) is 12.1 Å². The zero-order valence-corrected chi connectivity index (χ0v) is 10.2. The maximum Gasteiger partial charge on any atom is 0.272 e. The molecule has 1 aromatic carbocycles. The first-order valence-corrected chi connectivity index (χ1v) is 5.51. The molecule has 0 aromatic heterocycles. The Kier molecular flexibility index (Phi) is 2.21. The van der Waals surface area contributed by atoms with Gasteiger partial charge in [-0.25, -0.2) is 8.78 Å². The van der Waals surface area contributed by atoms with Crippen LogP contribution in [0, 0.1) is 13.8 Å². The highest BCUT2D eigenvalue weighted by atomic mass is 79.9. The van der Waals surface area contributed by atoms with E-state index in [2.05, 4.69) is 15.9 Å². The minimum atomic E-state index is -2.75. The average Bonchev–Trinajstić information content (AvgIpc) is 2.62. The van der Waals surface area contributed by atoms with Crippen LogP contribution in [0.1, 0.15) is 23.1 Å². The highest BCUT2D eigenvalue weighted by Gasteiger charge is 2.69. The van der Waals surface area contributed by atoms with Gasteiger partial charge in [-0.05, 0) is 30.5 Å². The maximum absolute atomic E-state index is 13.1. The van der Waals surface area contributed by atoms with Crippen molar-refractivity contribution in [2.75, 3.05) is 0 Å². The highest BCUT2D eigenvalue weighted by Crippen LogP contribution is 2.57. The van der Waals surface area contributed by atoms with Gasteiger partial charge in [0.1, 0.15) is 5.54 Å². The van der Waals surface area contributed by atoms with Gasteiger partial charge in [-0.15, -0.1) is 0 Å². The van der Waals surface area contributed by atoms with E-state index in [4.69, 9.17) is 5.73 Å². The lowest BCUT2D eigenvalue weighted by molar-refractivity contribution is 0.0891. The van der Waals surface area contributed by atoms with Crippen LogP contribution in [0.3, 0.4) is 0 Å². The normalized spacial score (nSPS) is 27.9. The molecule has 2 rings (SSSR count). The molecule has 1 saturated carbocycles. The smallest absolute Gasteiger partial charge is 0.272 e. The summed E-state index contributed by atoms with van der Waals surface area (Å²) in [6, 6.07) is 3.47. The summed E-state index contributed by atoms with van der Waals surface area (Å²) < 4.78 is 27.1. The molecule has 0 bridgehead atoms. The number of rotatable bonds is 1. The second kappa shape index (κ2) is 3.01. The van der Waals surface area contributed by atoms with Gasteiger partial charge in [-0.2, -0.15) is 0 Å². The molecule has 0 saturated heterocycles. The fourth-order valence-corrected chi connectivity index (χ4v) is 2.05. The van der Waals surface area contributed by atoms with Crippen molar-refractivity contribution >= 4 is 15.9 Å². The Labute approximate surface area is 95.8 Å². The minimum Gasteiger partial charge on any atom is -0.316 e. The molecule has 4 heteroatoms. The standard InChI is InChI=1S/C11H12BrF2N/c1-6-3-8(4-7(2)9(6)12)10(15)5-11(10,13)14/h3-4H,5,15H2,1-2H3. The summed E-state index contributed by atoms with van der Waals surface area (Å²) in [5.41, 5.74) is 6.64. The average molecular weight is 276 g/mol. The third-order valence-electron chi connectivity index (χ3n) is 2.98. The van der Waals surface area contributed by atoms with E-state index >= 15 is 0 Å². The van der Waals surface area contributed by atoms with Gasteiger partial charge in [0.05, 0.1) is 0 Å². The van der Waals surface area contributed by atoms with Crippen LogP contribution in [-0.2, 0) is 5.54 Å². The fourth-order valence-electron chi connectivity index (χ4n) is 1.82. The van der Waals surface area contributed by atoms with Gasteiger partial charge in [0.15, 0.2) is 0 Å². The molecule has 0 aliphatic heterocycles. The molecule has 1 nitrogen and oxygen atoms in total. The van der Waals surface area contributed by atoms with Crippen molar-refractivity contribution in [3.8, 4) is 0 Å². The molecule has 1 aliphatic rings. The number of benzene rings is 1. The number of halogens is 3. The van der Waals surface area contributed by atoms with Crippen molar-refractivity contribution < 1.29 is 8.78 Å². The van der Waals surface area contributed by atoms with Crippen LogP contribution in [0.2, 0.25) is 0 Å². The third-order valence-corrected chi connectivity index (χ3v) is 4.23. The van der Waals surface area contributed by atoms with Crippen LogP contribution in [0.25, 0.3) is 0 Å². The second-order valence-corrected chi connectivity index (χ2v) is 5.07. The summed E-state index contributed by atoms with van der Waals surface area (Å²) in [6.07, 6.45) is -0.249. The Hall–Kier alpha value is -0.480. The first-order valence-electron chi connectivity index (χ1n) is 4.72. The van der Waals surface area contributed by atoms with E-state index in [1.165, 1.54) is 0 Å². The summed E-state index contributed by atoms with van der Waals surface area (Å²) in [4.78, 5) is 0. The molecule has 1 aliphatic carbocycles. The lowest BCUT2D eigenvalue weighted by Crippen LogP contribution is -2.27. The largest absolute Gasteiger partial charge is 0.316 e. The van der Waals surface area contributed by atoms with Gasteiger partial charge in [0, 0.05) is 10.9 Å². The summed E-state index contributed by atoms with van der Waals surface area (Å²) in [5.74, 6) is -2.75. The van der Waals surface area contributed by atoms with E-state index in [0.29, 0.717) is 5.56 Å². The molecule has 1 atom stereocenters. The van der Waals surface area contributed by atoms with Crippen LogP contribution >= 0.6 is 15.9 Å².